The van der Waals surface area contributed by atoms with Crippen molar-refractivity contribution in [1.82, 2.24) is 0 Å². The fourth-order valence-electron chi connectivity index (χ4n) is 4.39. The number of fused-ring (bicyclic) bond motifs is 2. The van der Waals surface area contributed by atoms with E-state index in [0.717, 1.165) is 47.2 Å². The molecule has 1 aliphatic rings. The SMILES string of the molecule is O=P(Oc1cccc2ccccc12)(Oc1cccc2ccccc12)C1CCCCC1. The molecule has 0 saturated heterocycles. The summed E-state index contributed by atoms with van der Waals surface area (Å²) in [5, 5.41) is 4.04. The highest BCUT2D eigenvalue weighted by Gasteiger charge is 2.40. The third kappa shape index (κ3) is 3.70. The normalized spacial score (nSPS) is 15.3. The first-order chi connectivity index (χ1) is 14.7. The van der Waals surface area contributed by atoms with Gasteiger partial charge in [-0.3, -0.25) is 0 Å². The zero-order chi connectivity index (χ0) is 20.4. The zero-order valence-electron chi connectivity index (χ0n) is 16.9. The summed E-state index contributed by atoms with van der Waals surface area (Å²) in [7, 11) is -3.45. The van der Waals surface area contributed by atoms with E-state index in [2.05, 4.69) is 0 Å². The van der Waals surface area contributed by atoms with E-state index in [1.807, 2.05) is 84.9 Å². The minimum atomic E-state index is -3.45. The van der Waals surface area contributed by atoms with Crippen LogP contribution in [-0.4, -0.2) is 5.66 Å². The van der Waals surface area contributed by atoms with Gasteiger partial charge in [-0.1, -0.05) is 92.1 Å². The smallest absolute Gasteiger partial charge is 0.415 e. The highest BCUT2D eigenvalue weighted by molar-refractivity contribution is 7.55. The van der Waals surface area contributed by atoms with Gasteiger partial charge < -0.3 is 9.05 Å². The van der Waals surface area contributed by atoms with Crippen LogP contribution in [-0.2, 0) is 4.57 Å². The molecular formula is C26H25O3P. The van der Waals surface area contributed by atoms with Crippen molar-refractivity contribution < 1.29 is 13.6 Å². The number of rotatable bonds is 5. The van der Waals surface area contributed by atoms with E-state index in [9.17, 15) is 4.57 Å². The second-order valence-corrected chi connectivity index (χ2v) is 10.1. The number of hydrogen-bond donors (Lipinski definition) is 0. The van der Waals surface area contributed by atoms with Gasteiger partial charge in [0.25, 0.3) is 0 Å². The second kappa shape index (κ2) is 8.16. The largest absolute Gasteiger partial charge is 0.433 e. The summed E-state index contributed by atoms with van der Waals surface area (Å²) in [5.74, 6) is 1.25. The van der Waals surface area contributed by atoms with Gasteiger partial charge in [0.2, 0.25) is 0 Å². The van der Waals surface area contributed by atoms with E-state index in [-0.39, 0.29) is 5.66 Å². The lowest BCUT2D eigenvalue weighted by Gasteiger charge is -2.30. The molecule has 0 spiro atoms. The Bertz CT molecular complexity index is 1130. The lowest BCUT2D eigenvalue weighted by atomic mass is 10.0. The van der Waals surface area contributed by atoms with Gasteiger partial charge in [-0.2, -0.15) is 0 Å². The van der Waals surface area contributed by atoms with Crippen molar-refractivity contribution in [1.29, 1.82) is 0 Å². The van der Waals surface area contributed by atoms with Crippen LogP contribution < -0.4 is 9.05 Å². The Morgan fingerprint density at radius 3 is 1.60 bits per heavy atom. The van der Waals surface area contributed by atoms with Crippen LogP contribution in [0.25, 0.3) is 21.5 Å². The highest BCUT2D eigenvalue weighted by atomic mass is 31.2. The Balaban J connectivity index is 1.58. The van der Waals surface area contributed by atoms with Crippen LogP contribution >= 0.6 is 7.60 Å². The first kappa shape index (κ1) is 19.2. The third-order valence-electron chi connectivity index (χ3n) is 5.97. The van der Waals surface area contributed by atoms with Crippen LogP contribution in [0.5, 0.6) is 11.5 Å². The number of hydrogen-bond acceptors (Lipinski definition) is 3. The summed E-state index contributed by atoms with van der Waals surface area (Å²) in [6.45, 7) is 0. The lowest BCUT2D eigenvalue weighted by Crippen LogP contribution is -2.20. The topological polar surface area (TPSA) is 35.5 Å². The Morgan fingerprint density at radius 1 is 0.600 bits per heavy atom. The minimum absolute atomic E-state index is 0.0933. The van der Waals surface area contributed by atoms with Crippen LogP contribution in [0.4, 0.5) is 0 Å². The Kier molecular flexibility index (Phi) is 5.23. The van der Waals surface area contributed by atoms with Crippen molar-refractivity contribution in [2.75, 3.05) is 0 Å². The molecule has 3 nitrogen and oxygen atoms in total. The molecule has 0 atom stereocenters. The zero-order valence-corrected chi connectivity index (χ0v) is 17.8. The summed E-state index contributed by atoms with van der Waals surface area (Å²) in [6.07, 6.45) is 5.04. The van der Waals surface area contributed by atoms with Crippen molar-refractivity contribution in [2.45, 2.75) is 37.8 Å². The standard InChI is InChI=1S/C26H25O3P/c27-30(22-14-2-1-3-15-22,28-25-18-8-12-20-10-4-6-16-23(20)25)29-26-19-9-13-21-11-5-7-17-24(21)26/h4-13,16-19,22H,1-3,14-15H2. The molecule has 0 heterocycles. The van der Waals surface area contributed by atoms with E-state index in [1.54, 1.807) is 0 Å². The van der Waals surface area contributed by atoms with Gasteiger partial charge in [0.1, 0.15) is 11.5 Å². The minimum Gasteiger partial charge on any atom is -0.415 e. The van der Waals surface area contributed by atoms with Crippen LogP contribution in [0, 0.1) is 0 Å². The molecule has 0 unspecified atom stereocenters. The molecule has 1 aliphatic carbocycles. The molecule has 4 aromatic carbocycles. The van der Waals surface area contributed by atoms with Gasteiger partial charge in [-0.25, -0.2) is 4.57 Å². The Morgan fingerprint density at radius 2 is 1.07 bits per heavy atom. The molecule has 1 fully saturated rings. The molecular weight excluding hydrogens is 391 g/mol. The van der Waals surface area contributed by atoms with Crippen molar-refractivity contribution in [3.8, 4) is 11.5 Å². The molecule has 0 aliphatic heterocycles. The van der Waals surface area contributed by atoms with Crippen molar-refractivity contribution in [2.24, 2.45) is 0 Å². The quantitative estimate of drug-likeness (QED) is 0.309. The lowest BCUT2D eigenvalue weighted by molar-refractivity contribution is 0.352. The maximum atomic E-state index is 14.3. The van der Waals surface area contributed by atoms with Gasteiger partial charge in [0, 0.05) is 10.8 Å². The molecule has 0 bridgehead atoms. The predicted molar refractivity (Wildman–Crippen MR) is 124 cm³/mol. The monoisotopic (exact) mass is 416 g/mol. The molecule has 0 amide bonds. The first-order valence-corrected chi connectivity index (χ1v) is 12.3. The van der Waals surface area contributed by atoms with E-state index >= 15 is 0 Å². The van der Waals surface area contributed by atoms with E-state index in [4.69, 9.17) is 9.05 Å². The van der Waals surface area contributed by atoms with Crippen LogP contribution in [0.15, 0.2) is 84.9 Å². The van der Waals surface area contributed by atoms with E-state index in [0.29, 0.717) is 11.5 Å². The van der Waals surface area contributed by atoms with Gasteiger partial charge in [0.15, 0.2) is 0 Å². The predicted octanol–water partition coefficient (Wildman–Crippen LogP) is 7.98. The Labute approximate surface area is 177 Å². The van der Waals surface area contributed by atoms with Crippen LogP contribution in [0.2, 0.25) is 0 Å². The average molecular weight is 416 g/mol. The van der Waals surface area contributed by atoms with Gasteiger partial charge in [-0.15, -0.1) is 0 Å². The highest BCUT2D eigenvalue weighted by Crippen LogP contribution is 2.58. The third-order valence-corrected chi connectivity index (χ3v) is 8.29. The first-order valence-electron chi connectivity index (χ1n) is 10.7. The van der Waals surface area contributed by atoms with Gasteiger partial charge in [-0.05, 0) is 35.7 Å². The fraction of sp³-hybridized carbons (Fsp3) is 0.231. The average Bonchev–Trinajstić information content (AvgIpc) is 2.80. The summed E-state index contributed by atoms with van der Waals surface area (Å²) in [5.41, 5.74) is -0.0933. The van der Waals surface area contributed by atoms with Crippen molar-refractivity contribution >= 4 is 29.1 Å². The second-order valence-electron chi connectivity index (χ2n) is 7.97. The molecule has 4 aromatic rings. The van der Waals surface area contributed by atoms with Crippen molar-refractivity contribution in [3.05, 3.63) is 84.9 Å². The number of benzene rings is 4. The molecule has 152 valence electrons. The maximum Gasteiger partial charge on any atom is 0.433 e. The van der Waals surface area contributed by atoms with Crippen LogP contribution in [0.3, 0.4) is 0 Å². The van der Waals surface area contributed by atoms with Crippen molar-refractivity contribution in [3.63, 3.8) is 0 Å². The molecule has 4 heteroatoms. The summed E-state index contributed by atoms with van der Waals surface area (Å²) >= 11 is 0. The summed E-state index contributed by atoms with van der Waals surface area (Å²) < 4.78 is 27.0. The van der Waals surface area contributed by atoms with E-state index in [1.165, 1.54) is 6.42 Å². The Hall–Kier alpha value is -2.77. The molecule has 5 rings (SSSR count). The van der Waals surface area contributed by atoms with Gasteiger partial charge >= 0.3 is 7.60 Å². The van der Waals surface area contributed by atoms with E-state index < -0.39 is 7.60 Å². The van der Waals surface area contributed by atoms with Gasteiger partial charge in [0.05, 0.1) is 5.66 Å². The fourth-order valence-corrected chi connectivity index (χ4v) is 6.59. The molecule has 1 saturated carbocycles. The molecule has 30 heavy (non-hydrogen) atoms. The maximum absolute atomic E-state index is 14.3. The molecule has 0 N–H and O–H groups in total. The molecule has 0 aromatic heterocycles. The molecule has 0 radical (unpaired) electrons. The summed E-state index contributed by atoms with van der Waals surface area (Å²) in [4.78, 5) is 0. The van der Waals surface area contributed by atoms with Crippen LogP contribution in [0.1, 0.15) is 32.1 Å². The summed E-state index contributed by atoms with van der Waals surface area (Å²) in [6, 6.07) is 27.8.